The van der Waals surface area contributed by atoms with Gasteiger partial charge in [0, 0.05) is 6.54 Å². The van der Waals surface area contributed by atoms with Crippen LogP contribution in [0.25, 0.3) is 0 Å². The highest BCUT2D eigenvalue weighted by molar-refractivity contribution is 7.88. The van der Waals surface area contributed by atoms with E-state index in [4.69, 9.17) is 4.74 Å². The minimum Gasteiger partial charge on any atom is -0.370 e. The number of benzene rings is 2. The maximum Gasteiger partial charge on any atom is 0.237 e. The molecule has 1 atom stereocenters. The Morgan fingerprint density at radius 3 is 2.70 bits per heavy atom. The van der Waals surface area contributed by atoms with Crippen molar-refractivity contribution in [1.29, 1.82) is 0 Å². The van der Waals surface area contributed by atoms with Crippen molar-refractivity contribution in [3.8, 4) is 0 Å². The van der Waals surface area contributed by atoms with Gasteiger partial charge in [-0.2, -0.15) is 0 Å². The Kier molecular flexibility index (Phi) is 6.26. The van der Waals surface area contributed by atoms with Gasteiger partial charge >= 0.3 is 0 Å². The fraction of sp³-hybridized carbons (Fsp3) is 0.350. The summed E-state index contributed by atoms with van der Waals surface area (Å²) in [7, 11) is -3.58. The highest BCUT2D eigenvalue weighted by Gasteiger charge is 2.26. The highest BCUT2D eigenvalue weighted by Crippen LogP contribution is 2.21. The molecule has 6 nitrogen and oxygen atoms in total. The van der Waals surface area contributed by atoms with Gasteiger partial charge in [0.25, 0.3) is 0 Å². The monoisotopic (exact) mass is 388 g/mol. The number of ether oxygens (including phenoxy) is 1. The van der Waals surface area contributed by atoms with E-state index in [1.165, 1.54) is 0 Å². The summed E-state index contributed by atoms with van der Waals surface area (Å²) in [4.78, 5) is 14.1. The maximum atomic E-state index is 12.5. The Bertz CT molecular complexity index is 884. The van der Waals surface area contributed by atoms with Crippen LogP contribution in [0.3, 0.4) is 0 Å². The standard InChI is InChI=1S/C20H24N2O4S/c1-16-6-5-7-17(12-16)15-27(24,25)21-13-20(23)22-10-11-26-19(14-22)18-8-3-2-4-9-18/h2-9,12,19,21H,10-11,13-15H2,1H3. The van der Waals surface area contributed by atoms with Crippen LogP contribution in [0.5, 0.6) is 0 Å². The summed E-state index contributed by atoms with van der Waals surface area (Å²) in [5.74, 6) is -0.385. The Labute approximate surface area is 160 Å². The van der Waals surface area contributed by atoms with E-state index in [0.29, 0.717) is 25.3 Å². The van der Waals surface area contributed by atoms with Crippen LogP contribution in [0.4, 0.5) is 0 Å². The molecule has 1 amide bonds. The second-order valence-corrected chi connectivity index (χ2v) is 8.49. The third-order valence-corrected chi connectivity index (χ3v) is 5.77. The molecular formula is C20H24N2O4S. The van der Waals surface area contributed by atoms with Crippen molar-refractivity contribution in [1.82, 2.24) is 9.62 Å². The SMILES string of the molecule is Cc1cccc(CS(=O)(=O)NCC(=O)N2CCOC(c3ccccc3)C2)c1. The number of nitrogens with zero attached hydrogens (tertiary/aromatic N) is 1. The first kappa shape index (κ1) is 19.5. The van der Waals surface area contributed by atoms with Crippen LogP contribution in [0.15, 0.2) is 54.6 Å². The van der Waals surface area contributed by atoms with Crippen LogP contribution in [0, 0.1) is 6.92 Å². The largest absolute Gasteiger partial charge is 0.370 e. The first-order valence-corrected chi connectivity index (χ1v) is 10.6. The first-order chi connectivity index (χ1) is 12.9. The van der Waals surface area contributed by atoms with E-state index in [1.807, 2.05) is 55.5 Å². The van der Waals surface area contributed by atoms with E-state index in [1.54, 1.807) is 11.0 Å². The Morgan fingerprint density at radius 1 is 1.19 bits per heavy atom. The Morgan fingerprint density at radius 2 is 1.96 bits per heavy atom. The summed E-state index contributed by atoms with van der Waals surface area (Å²) in [5, 5.41) is 0. The maximum absolute atomic E-state index is 12.5. The molecule has 0 saturated carbocycles. The summed E-state index contributed by atoms with van der Waals surface area (Å²) < 4.78 is 32.7. The third kappa shape index (κ3) is 5.63. The second kappa shape index (κ2) is 8.65. The van der Waals surface area contributed by atoms with Gasteiger partial charge in [-0.1, -0.05) is 60.2 Å². The zero-order valence-electron chi connectivity index (χ0n) is 15.3. The number of amides is 1. The molecule has 144 valence electrons. The molecule has 1 saturated heterocycles. The zero-order valence-corrected chi connectivity index (χ0v) is 16.1. The number of nitrogens with one attached hydrogen (secondary N) is 1. The van der Waals surface area contributed by atoms with Crippen molar-refractivity contribution in [2.24, 2.45) is 0 Å². The highest BCUT2D eigenvalue weighted by atomic mass is 32.2. The first-order valence-electron chi connectivity index (χ1n) is 8.90. The summed E-state index contributed by atoms with van der Waals surface area (Å²) in [6, 6.07) is 17.0. The molecule has 0 radical (unpaired) electrons. The Balaban J connectivity index is 1.55. The van der Waals surface area contributed by atoms with Crippen molar-refractivity contribution in [2.75, 3.05) is 26.2 Å². The fourth-order valence-electron chi connectivity index (χ4n) is 3.10. The lowest BCUT2D eigenvalue weighted by Gasteiger charge is -2.33. The molecule has 7 heteroatoms. The van der Waals surface area contributed by atoms with Gasteiger partial charge in [0.05, 0.1) is 25.4 Å². The number of rotatable bonds is 6. The van der Waals surface area contributed by atoms with Gasteiger partial charge in [-0.05, 0) is 18.1 Å². The molecule has 1 fully saturated rings. The molecule has 1 unspecified atom stereocenters. The van der Waals surface area contributed by atoms with Crippen molar-refractivity contribution >= 4 is 15.9 Å². The summed E-state index contributed by atoms with van der Waals surface area (Å²) in [6.07, 6.45) is -0.187. The van der Waals surface area contributed by atoms with Crippen molar-refractivity contribution < 1.29 is 17.9 Å². The minimum absolute atomic E-state index is 0.141. The number of aryl methyl sites for hydroxylation is 1. The molecule has 0 spiro atoms. The van der Waals surface area contributed by atoms with E-state index >= 15 is 0 Å². The van der Waals surface area contributed by atoms with Gasteiger partial charge in [-0.3, -0.25) is 4.79 Å². The van der Waals surface area contributed by atoms with E-state index in [2.05, 4.69) is 4.72 Å². The van der Waals surface area contributed by atoms with E-state index in [0.717, 1.165) is 11.1 Å². The van der Waals surface area contributed by atoms with E-state index in [9.17, 15) is 13.2 Å². The number of morpholine rings is 1. The van der Waals surface area contributed by atoms with Gasteiger partial charge in [0.1, 0.15) is 6.10 Å². The van der Waals surface area contributed by atoms with Crippen LogP contribution >= 0.6 is 0 Å². The van der Waals surface area contributed by atoms with Crippen LogP contribution < -0.4 is 4.72 Å². The normalized spacial score (nSPS) is 17.7. The van der Waals surface area contributed by atoms with Crippen LogP contribution in [0.2, 0.25) is 0 Å². The predicted octanol–water partition coefficient (Wildman–Crippen LogP) is 2.01. The molecule has 2 aromatic rings. The molecule has 0 bridgehead atoms. The molecule has 2 aromatic carbocycles. The molecule has 1 aliphatic rings. The van der Waals surface area contributed by atoms with Crippen LogP contribution in [-0.4, -0.2) is 45.5 Å². The molecule has 1 heterocycles. The molecule has 0 aliphatic carbocycles. The average Bonchev–Trinajstić information content (AvgIpc) is 2.67. The predicted molar refractivity (Wildman–Crippen MR) is 104 cm³/mol. The van der Waals surface area contributed by atoms with Crippen molar-refractivity contribution in [3.63, 3.8) is 0 Å². The lowest BCUT2D eigenvalue weighted by molar-refractivity contribution is -0.137. The molecule has 0 aromatic heterocycles. The molecular weight excluding hydrogens is 364 g/mol. The zero-order chi connectivity index (χ0) is 19.3. The number of hydrogen-bond acceptors (Lipinski definition) is 4. The quantitative estimate of drug-likeness (QED) is 0.821. The summed E-state index contributed by atoms with van der Waals surface area (Å²) in [6.45, 7) is 2.98. The lowest BCUT2D eigenvalue weighted by Crippen LogP contribution is -2.46. The second-order valence-electron chi connectivity index (χ2n) is 6.68. The lowest BCUT2D eigenvalue weighted by atomic mass is 10.1. The van der Waals surface area contributed by atoms with Crippen molar-refractivity contribution in [2.45, 2.75) is 18.8 Å². The average molecular weight is 388 g/mol. The Hall–Kier alpha value is -2.22. The smallest absolute Gasteiger partial charge is 0.237 e. The van der Waals surface area contributed by atoms with Crippen molar-refractivity contribution in [3.05, 3.63) is 71.3 Å². The minimum atomic E-state index is -3.58. The fourth-order valence-corrected chi connectivity index (χ4v) is 4.16. The van der Waals surface area contributed by atoms with Gasteiger partial charge in [0.15, 0.2) is 0 Å². The van der Waals surface area contributed by atoms with Gasteiger partial charge in [-0.15, -0.1) is 0 Å². The van der Waals surface area contributed by atoms with E-state index < -0.39 is 10.0 Å². The van der Waals surface area contributed by atoms with E-state index in [-0.39, 0.29) is 24.3 Å². The molecule has 1 aliphatic heterocycles. The number of carbonyl (C=O) groups is 1. The molecule has 3 rings (SSSR count). The van der Waals surface area contributed by atoms with Crippen LogP contribution in [-0.2, 0) is 25.3 Å². The number of hydrogen-bond donors (Lipinski definition) is 1. The van der Waals surface area contributed by atoms with Crippen LogP contribution in [0.1, 0.15) is 22.8 Å². The van der Waals surface area contributed by atoms with Gasteiger partial charge in [-0.25, -0.2) is 13.1 Å². The number of carbonyl (C=O) groups excluding carboxylic acids is 1. The number of sulfonamides is 1. The van der Waals surface area contributed by atoms with Gasteiger partial charge < -0.3 is 9.64 Å². The third-order valence-electron chi connectivity index (χ3n) is 4.47. The molecule has 27 heavy (non-hydrogen) atoms. The summed E-state index contributed by atoms with van der Waals surface area (Å²) >= 11 is 0. The summed E-state index contributed by atoms with van der Waals surface area (Å²) in [5.41, 5.74) is 2.71. The van der Waals surface area contributed by atoms with Gasteiger partial charge in [0.2, 0.25) is 15.9 Å². The topological polar surface area (TPSA) is 75.7 Å². The molecule has 1 N–H and O–H groups in total.